The number of rotatable bonds is 5. The number of hydrogen-bond donors (Lipinski definition) is 1. The van der Waals surface area contributed by atoms with Crippen molar-refractivity contribution in [3.63, 3.8) is 0 Å². The summed E-state index contributed by atoms with van der Waals surface area (Å²) >= 11 is 0. The highest BCUT2D eigenvalue weighted by molar-refractivity contribution is 5.81. The third-order valence-corrected chi connectivity index (χ3v) is 2.58. The maximum absolute atomic E-state index is 11.7. The molecule has 1 aromatic rings. The van der Waals surface area contributed by atoms with Crippen LogP contribution < -0.4 is 10.6 Å². The number of hydrogen-bond acceptors (Lipinski definition) is 4. The number of aromatic nitrogens is 1. The number of nitrogens with two attached hydrogens (primary N) is 1. The van der Waals surface area contributed by atoms with Crippen LogP contribution in [0.4, 0.5) is 5.69 Å². The van der Waals surface area contributed by atoms with E-state index in [-0.39, 0.29) is 5.91 Å². The lowest BCUT2D eigenvalue weighted by Gasteiger charge is -2.24. The van der Waals surface area contributed by atoms with Crippen LogP contribution in [-0.4, -0.2) is 43.0 Å². The zero-order chi connectivity index (χ0) is 12.8. The van der Waals surface area contributed by atoms with Crippen LogP contribution in [0.2, 0.25) is 0 Å². The molecule has 0 bridgehead atoms. The van der Waals surface area contributed by atoms with Crippen molar-refractivity contribution in [3.8, 4) is 0 Å². The minimum atomic E-state index is 0.0814. The van der Waals surface area contributed by atoms with Crippen LogP contribution in [0.25, 0.3) is 0 Å². The van der Waals surface area contributed by atoms with Gasteiger partial charge in [0.2, 0.25) is 5.91 Å². The standard InChI is InChI=1S/C12H20N4O/c1-4-16(9-12(17)15(2)3)11-5-6-14-10(7-11)8-13/h5-7H,4,8-9,13H2,1-3H3. The molecule has 0 aliphatic carbocycles. The lowest BCUT2D eigenvalue weighted by Crippen LogP contribution is -2.36. The van der Waals surface area contributed by atoms with E-state index in [0.29, 0.717) is 13.1 Å². The van der Waals surface area contributed by atoms with Crippen molar-refractivity contribution in [3.05, 3.63) is 24.0 Å². The van der Waals surface area contributed by atoms with Crippen molar-refractivity contribution < 1.29 is 4.79 Å². The molecule has 94 valence electrons. The Morgan fingerprint density at radius 1 is 1.47 bits per heavy atom. The molecule has 1 amide bonds. The fourth-order valence-corrected chi connectivity index (χ4v) is 1.46. The first-order valence-corrected chi connectivity index (χ1v) is 5.68. The molecule has 1 rings (SSSR count). The molecule has 0 atom stereocenters. The Kier molecular flexibility index (Phi) is 4.90. The molecule has 0 aromatic carbocycles. The average molecular weight is 236 g/mol. The quantitative estimate of drug-likeness (QED) is 0.806. The van der Waals surface area contributed by atoms with Gasteiger partial charge in [0.15, 0.2) is 0 Å². The van der Waals surface area contributed by atoms with Crippen LogP contribution in [0.15, 0.2) is 18.3 Å². The van der Waals surface area contributed by atoms with Crippen LogP contribution in [0.5, 0.6) is 0 Å². The van der Waals surface area contributed by atoms with Gasteiger partial charge in [0.25, 0.3) is 0 Å². The summed E-state index contributed by atoms with van der Waals surface area (Å²) in [5.41, 5.74) is 7.37. The Morgan fingerprint density at radius 3 is 2.71 bits per heavy atom. The Balaban J connectivity index is 2.82. The zero-order valence-electron chi connectivity index (χ0n) is 10.7. The van der Waals surface area contributed by atoms with E-state index in [4.69, 9.17) is 5.73 Å². The fraction of sp³-hybridized carbons (Fsp3) is 0.500. The van der Waals surface area contributed by atoms with E-state index >= 15 is 0 Å². The van der Waals surface area contributed by atoms with E-state index < -0.39 is 0 Å². The van der Waals surface area contributed by atoms with E-state index in [1.165, 1.54) is 0 Å². The summed E-state index contributed by atoms with van der Waals surface area (Å²) in [6.07, 6.45) is 1.72. The Morgan fingerprint density at radius 2 is 2.18 bits per heavy atom. The van der Waals surface area contributed by atoms with Gasteiger partial charge in [-0.1, -0.05) is 0 Å². The molecule has 0 spiro atoms. The molecule has 1 aromatic heterocycles. The van der Waals surface area contributed by atoms with Crippen LogP contribution in [0, 0.1) is 0 Å². The number of carbonyl (C=O) groups excluding carboxylic acids is 1. The lowest BCUT2D eigenvalue weighted by atomic mass is 10.2. The van der Waals surface area contributed by atoms with Gasteiger partial charge in [-0.25, -0.2) is 0 Å². The number of nitrogens with zero attached hydrogens (tertiary/aromatic N) is 3. The first kappa shape index (κ1) is 13.4. The third-order valence-electron chi connectivity index (χ3n) is 2.58. The SMILES string of the molecule is CCN(CC(=O)N(C)C)c1ccnc(CN)c1. The molecule has 1 heterocycles. The highest BCUT2D eigenvalue weighted by atomic mass is 16.2. The Bertz CT molecular complexity index is 379. The number of likely N-dealkylation sites (N-methyl/N-ethyl adjacent to an activating group) is 2. The predicted octanol–water partition coefficient (Wildman–Crippen LogP) is 0.455. The predicted molar refractivity (Wildman–Crippen MR) is 68.7 cm³/mol. The van der Waals surface area contributed by atoms with Crippen molar-refractivity contribution in [2.45, 2.75) is 13.5 Å². The number of amides is 1. The molecule has 0 saturated heterocycles. The summed E-state index contributed by atoms with van der Waals surface area (Å²) in [4.78, 5) is 19.4. The maximum Gasteiger partial charge on any atom is 0.241 e. The molecule has 2 N–H and O–H groups in total. The van der Waals surface area contributed by atoms with E-state index in [2.05, 4.69) is 4.98 Å². The van der Waals surface area contributed by atoms with Gasteiger partial charge in [-0.05, 0) is 19.1 Å². The molecule has 0 aliphatic rings. The van der Waals surface area contributed by atoms with E-state index in [1.54, 1.807) is 25.2 Å². The van der Waals surface area contributed by atoms with Gasteiger partial charge in [-0.3, -0.25) is 9.78 Å². The van der Waals surface area contributed by atoms with Crippen LogP contribution in [-0.2, 0) is 11.3 Å². The van der Waals surface area contributed by atoms with Crippen LogP contribution in [0.1, 0.15) is 12.6 Å². The number of carbonyl (C=O) groups is 1. The molecule has 17 heavy (non-hydrogen) atoms. The minimum Gasteiger partial charge on any atom is -0.362 e. The summed E-state index contributed by atoms with van der Waals surface area (Å²) in [5, 5.41) is 0. The number of pyridine rings is 1. The maximum atomic E-state index is 11.7. The normalized spacial score (nSPS) is 10.1. The Labute approximate surface area is 102 Å². The molecule has 5 heteroatoms. The monoisotopic (exact) mass is 236 g/mol. The second-order valence-corrected chi connectivity index (χ2v) is 4.01. The molecule has 0 aliphatic heterocycles. The summed E-state index contributed by atoms with van der Waals surface area (Å²) in [5.74, 6) is 0.0814. The van der Waals surface area contributed by atoms with Crippen molar-refractivity contribution >= 4 is 11.6 Å². The molecular formula is C12H20N4O. The second-order valence-electron chi connectivity index (χ2n) is 4.01. The zero-order valence-corrected chi connectivity index (χ0v) is 10.7. The van der Waals surface area contributed by atoms with Gasteiger partial charge in [0.1, 0.15) is 0 Å². The first-order chi connectivity index (χ1) is 8.08. The first-order valence-electron chi connectivity index (χ1n) is 5.68. The minimum absolute atomic E-state index is 0.0814. The number of anilines is 1. The molecule has 5 nitrogen and oxygen atoms in total. The Hall–Kier alpha value is -1.62. The van der Waals surface area contributed by atoms with Crippen molar-refractivity contribution in [1.82, 2.24) is 9.88 Å². The van der Waals surface area contributed by atoms with Gasteiger partial charge in [0, 0.05) is 39.1 Å². The average Bonchev–Trinajstić information content (AvgIpc) is 2.35. The summed E-state index contributed by atoms with van der Waals surface area (Å²) in [6, 6.07) is 3.82. The smallest absolute Gasteiger partial charge is 0.241 e. The molecule has 0 unspecified atom stereocenters. The van der Waals surface area contributed by atoms with Crippen molar-refractivity contribution in [1.29, 1.82) is 0 Å². The molecule has 0 fully saturated rings. The van der Waals surface area contributed by atoms with Gasteiger partial charge in [-0.2, -0.15) is 0 Å². The summed E-state index contributed by atoms with van der Waals surface area (Å²) in [7, 11) is 3.52. The van der Waals surface area contributed by atoms with Crippen molar-refractivity contribution in [2.24, 2.45) is 5.73 Å². The fourth-order valence-electron chi connectivity index (χ4n) is 1.46. The van der Waals surface area contributed by atoms with Gasteiger partial charge in [-0.15, -0.1) is 0 Å². The van der Waals surface area contributed by atoms with Gasteiger partial charge < -0.3 is 15.5 Å². The van der Waals surface area contributed by atoms with Gasteiger partial charge in [0.05, 0.1) is 12.2 Å². The summed E-state index contributed by atoms with van der Waals surface area (Å²) in [6.45, 7) is 3.57. The van der Waals surface area contributed by atoms with Gasteiger partial charge >= 0.3 is 0 Å². The second kappa shape index (κ2) is 6.20. The summed E-state index contributed by atoms with van der Waals surface area (Å²) < 4.78 is 0. The third kappa shape index (κ3) is 3.71. The molecular weight excluding hydrogens is 216 g/mol. The van der Waals surface area contributed by atoms with Crippen LogP contribution in [0.3, 0.4) is 0 Å². The van der Waals surface area contributed by atoms with Crippen molar-refractivity contribution in [2.75, 3.05) is 32.1 Å². The highest BCUT2D eigenvalue weighted by Gasteiger charge is 2.11. The van der Waals surface area contributed by atoms with Crippen LogP contribution >= 0.6 is 0 Å². The topological polar surface area (TPSA) is 62.5 Å². The van der Waals surface area contributed by atoms with E-state index in [1.807, 2.05) is 24.0 Å². The largest absolute Gasteiger partial charge is 0.362 e. The van der Waals surface area contributed by atoms with E-state index in [9.17, 15) is 4.79 Å². The lowest BCUT2D eigenvalue weighted by molar-refractivity contribution is -0.127. The highest BCUT2D eigenvalue weighted by Crippen LogP contribution is 2.14. The van der Waals surface area contributed by atoms with E-state index in [0.717, 1.165) is 17.9 Å². The molecule has 0 saturated carbocycles. The molecule has 0 radical (unpaired) electrons.